The molecule has 1 aliphatic heterocycles. The van der Waals surface area contributed by atoms with Gasteiger partial charge in [0.05, 0.1) is 13.2 Å². The average molecular weight is 294 g/mol. The smallest absolute Gasteiger partial charge is 0.221 e. The van der Waals surface area contributed by atoms with Gasteiger partial charge in [0.25, 0.3) is 0 Å². The van der Waals surface area contributed by atoms with E-state index in [-0.39, 0.29) is 12.5 Å². The van der Waals surface area contributed by atoms with Gasteiger partial charge < -0.3 is 19.9 Å². The highest BCUT2D eigenvalue weighted by Gasteiger charge is 2.15. The lowest BCUT2D eigenvalue weighted by molar-refractivity contribution is -0.114. The number of carbonyl (C=O) groups excluding carboxylic acids is 1. The van der Waals surface area contributed by atoms with Crippen LogP contribution >= 0.6 is 0 Å². The van der Waals surface area contributed by atoms with Crippen LogP contribution < -0.4 is 10.1 Å². The third kappa shape index (κ3) is 5.71. The number of carbonyl (C=O) groups is 1. The zero-order valence-corrected chi connectivity index (χ0v) is 12.2. The van der Waals surface area contributed by atoms with Crippen molar-refractivity contribution in [2.75, 3.05) is 44.8 Å². The predicted molar refractivity (Wildman–Crippen MR) is 79.5 cm³/mol. The van der Waals surface area contributed by atoms with Crippen LogP contribution in [0.25, 0.3) is 0 Å². The number of nitrogens with one attached hydrogen (secondary N) is 1. The number of hydrogen-bond acceptors (Lipinski definition) is 5. The van der Waals surface area contributed by atoms with Gasteiger partial charge in [0.15, 0.2) is 0 Å². The van der Waals surface area contributed by atoms with Gasteiger partial charge in [-0.15, -0.1) is 0 Å². The topological polar surface area (TPSA) is 71.0 Å². The number of nitrogens with zero attached hydrogens (tertiary/aromatic N) is 1. The van der Waals surface area contributed by atoms with Gasteiger partial charge in [-0.2, -0.15) is 0 Å². The normalized spacial score (nSPS) is 17.2. The number of hydrogen-bond donors (Lipinski definition) is 2. The first-order valence-corrected chi connectivity index (χ1v) is 7.12. The maximum atomic E-state index is 10.9. The largest absolute Gasteiger partial charge is 0.491 e. The van der Waals surface area contributed by atoms with Crippen LogP contribution in [0, 0.1) is 0 Å². The summed E-state index contributed by atoms with van der Waals surface area (Å²) >= 11 is 0. The molecular weight excluding hydrogens is 272 g/mol. The summed E-state index contributed by atoms with van der Waals surface area (Å²) in [5.74, 6) is 0.565. The Balaban J connectivity index is 1.72. The highest BCUT2D eigenvalue weighted by atomic mass is 16.5. The maximum Gasteiger partial charge on any atom is 0.221 e. The molecule has 0 saturated carbocycles. The molecule has 1 unspecified atom stereocenters. The van der Waals surface area contributed by atoms with E-state index in [4.69, 9.17) is 9.47 Å². The molecule has 1 aliphatic rings. The molecule has 1 saturated heterocycles. The van der Waals surface area contributed by atoms with Gasteiger partial charge in [-0.25, -0.2) is 0 Å². The number of benzene rings is 1. The lowest BCUT2D eigenvalue weighted by Crippen LogP contribution is -2.42. The minimum atomic E-state index is -0.530. The summed E-state index contributed by atoms with van der Waals surface area (Å²) in [4.78, 5) is 13.1. The summed E-state index contributed by atoms with van der Waals surface area (Å²) in [7, 11) is 0. The fourth-order valence-electron chi connectivity index (χ4n) is 2.16. The highest BCUT2D eigenvalue weighted by Crippen LogP contribution is 2.16. The molecule has 1 fully saturated rings. The first-order valence-electron chi connectivity index (χ1n) is 7.12. The molecular formula is C15H22N2O4. The number of amides is 1. The lowest BCUT2D eigenvalue weighted by Gasteiger charge is -2.28. The van der Waals surface area contributed by atoms with E-state index in [0.717, 1.165) is 32.0 Å². The molecule has 6 nitrogen and oxygen atoms in total. The highest BCUT2D eigenvalue weighted by molar-refractivity contribution is 5.88. The van der Waals surface area contributed by atoms with E-state index in [2.05, 4.69) is 10.2 Å². The molecule has 0 aliphatic carbocycles. The van der Waals surface area contributed by atoms with Crippen molar-refractivity contribution in [1.82, 2.24) is 4.90 Å². The van der Waals surface area contributed by atoms with Crippen LogP contribution in [0.2, 0.25) is 0 Å². The second-order valence-electron chi connectivity index (χ2n) is 5.08. The number of aliphatic hydroxyl groups is 1. The number of aliphatic hydroxyl groups excluding tert-OH is 1. The quantitative estimate of drug-likeness (QED) is 0.809. The lowest BCUT2D eigenvalue weighted by atomic mass is 10.3. The first-order chi connectivity index (χ1) is 10.1. The predicted octanol–water partition coefficient (Wildman–Crippen LogP) is 0.717. The van der Waals surface area contributed by atoms with Crippen molar-refractivity contribution >= 4 is 11.6 Å². The van der Waals surface area contributed by atoms with Crippen LogP contribution in [0.4, 0.5) is 5.69 Å². The maximum absolute atomic E-state index is 10.9. The molecule has 2 N–H and O–H groups in total. The molecule has 2 rings (SSSR count). The third-order valence-corrected chi connectivity index (χ3v) is 3.19. The second-order valence-corrected chi connectivity index (χ2v) is 5.08. The van der Waals surface area contributed by atoms with E-state index >= 15 is 0 Å². The molecule has 0 bridgehead atoms. The van der Waals surface area contributed by atoms with Crippen LogP contribution in [0.15, 0.2) is 24.3 Å². The van der Waals surface area contributed by atoms with Gasteiger partial charge in [0.2, 0.25) is 5.91 Å². The van der Waals surface area contributed by atoms with Crippen molar-refractivity contribution in [3.05, 3.63) is 24.3 Å². The minimum absolute atomic E-state index is 0.107. The Morgan fingerprint density at radius 2 is 2.05 bits per heavy atom. The molecule has 0 radical (unpaired) electrons. The molecule has 1 heterocycles. The molecule has 1 aromatic rings. The Hall–Kier alpha value is -1.63. The van der Waals surface area contributed by atoms with Crippen LogP contribution in [-0.2, 0) is 9.53 Å². The molecule has 21 heavy (non-hydrogen) atoms. The van der Waals surface area contributed by atoms with Gasteiger partial charge in [0, 0.05) is 32.2 Å². The van der Waals surface area contributed by atoms with Crippen LogP contribution in [0.3, 0.4) is 0 Å². The number of ether oxygens (including phenoxy) is 2. The van der Waals surface area contributed by atoms with Crippen molar-refractivity contribution in [2.45, 2.75) is 13.0 Å². The average Bonchev–Trinajstić information content (AvgIpc) is 2.47. The van der Waals surface area contributed by atoms with Crippen LogP contribution in [0.1, 0.15) is 6.92 Å². The molecule has 0 spiro atoms. The summed E-state index contributed by atoms with van der Waals surface area (Å²) in [6.07, 6.45) is -0.530. The van der Waals surface area contributed by atoms with Crippen LogP contribution in [0.5, 0.6) is 5.75 Å². The number of β-amino-alcohol motifs (C(OH)–C–C–N with tert-alkyl or cyclic N) is 1. The minimum Gasteiger partial charge on any atom is -0.491 e. The summed E-state index contributed by atoms with van der Waals surface area (Å²) in [6.45, 7) is 5.44. The van der Waals surface area contributed by atoms with Crippen molar-refractivity contribution < 1.29 is 19.4 Å². The number of rotatable bonds is 6. The Bertz CT molecular complexity index is 443. The Morgan fingerprint density at radius 1 is 1.38 bits per heavy atom. The van der Waals surface area contributed by atoms with Gasteiger partial charge in [-0.3, -0.25) is 9.69 Å². The van der Waals surface area contributed by atoms with E-state index in [1.807, 2.05) is 0 Å². The van der Waals surface area contributed by atoms with E-state index in [1.54, 1.807) is 24.3 Å². The Kier molecular flexibility index (Phi) is 5.98. The standard InChI is InChI=1S/C15H22N2O4/c1-12(18)16-13-2-4-15(5-3-13)21-11-14(19)10-17-6-8-20-9-7-17/h2-5,14,19H,6-11H2,1H3,(H,16,18). The SMILES string of the molecule is CC(=O)Nc1ccc(OCC(O)CN2CCOCC2)cc1. The molecule has 6 heteroatoms. The Morgan fingerprint density at radius 3 is 2.67 bits per heavy atom. The van der Waals surface area contributed by atoms with Crippen LogP contribution in [-0.4, -0.2) is 61.5 Å². The van der Waals surface area contributed by atoms with E-state index < -0.39 is 6.10 Å². The van der Waals surface area contributed by atoms with Gasteiger partial charge >= 0.3 is 0 Å². The van der Waals surface area contributed by atoms with Crippen molar-refractivity contribution in [1.29, 1.82) is 0 Å². The zero-order chi connectivity index (χ0) is 15.1. The number of morpholine rings is 1. The van der Waals surface area contributed by atoms with Crippen molar-refractivity contribution in [2.24, 2.45) is 0 Å². The first kappa shape index (κ1) is 15.8. The van der Waals surface area contributed by atoms with Crippen molar-refractivity contribution in [3.8, 4) is 5.75 Å². The summed E-state index contributed by atoms with van der Waals surface area (Å²) in [5.41, 5.74) is 0.726. The summed E-state index contributed by atoms with van der Waals surface area (Å²) in [5, 5.41) is 12.7. The molecule has 0 aromatic heterocycles. The zero-order valence-electron chi connectivity index (χ0n) is 12.2. The third-order valence-electron chi connectivity index (χ3n) is 3.19. The van der Waals surface area contributed by atoms with Gasteiger partial charge in [-0.05, 0) is 24.3 Å². The van der Waals surface area contributed by atoms with E-state index in [0.29, 0.717) is 12.3 Å². The monoisotopic (exact) mass is 294 g/mol. The fraction of sp³-hybridized carbons (Fsp3) is 0.533. The Labute approximate surface area is 124 Å². The molecule has 1 amide bonds. The number of anilines is 1. The molecule has 116 valence electrons. The van der Waals surface area contributed by atoms with E-state index in [1.165, 1.54) is 6.92 Å². The molecule has 1 atom stereocenters. The molecule has 1 aromatic carbocycles. The summed E-state index contributed by atoms with van der Waals surface area (Å²) < 4.78 is 10.8. The van der Waals surface area contributed by atoms with E-state index in [9.17, 15) is 9.90 Å². The van der Waals surface area contributed by atoms with Gasteiger partial charge in [0.1, 0.15) is 18.5 Å². The van der Waals surface area contributed by atoms with Crippen molar-refractivity contribution in [3.63, 3.8) is 0 Å². The second kappa shape index (κ2) is 7.97. The summed E-state index contributed by atoms with van der Waals surface area (Å²) in [6, 6.07) is 7.08. The van der Waals surface area contributed by atoms with Gasteiger partial charge in [-0.1, -0.05) is 0 Å². The fourth-order valence-corrected chi connectivity index (χ4v) is 2.16.